The molecule has 100 valence electrons. The average Bonchev–Trinajstić information content (AvgIpc) is 2.85. The van der Waals surface area contributed by atoms with E-state index in [9.17, 15) is 0 Å². The number of hydrogen-bond acceptors (Lipinski definition) is 4. The molecule has 3 rings (SSSR count). The van der Waals surface area contributed by atoms with Crippen molar-refractivity contribution < 1.29 is 4.52 Å². The summed E-state index contributed by atoms with van der Waals surface area (Å²) in [7, 11) is 0. The van der Waals surface area contributed by atoms with Crippen LogP contribution in [0.25, 0.3) is 0 Å². The second-order valence-electron chi connectivity index (χ2n) is 5.09. The molecule has 0 atom stereocenters. The van der Waals surface area contributed by atoms with Crippen LogP contribution in [0, 0.1) is 0 Å². The van der Waals surface area contributed by atoms with Crippen molar-refractivity contribution in [2.45, 2.75) is 38.1 Å². The summed E-state index contributed by atoms with van der Waals surface area (Å²) in [5.41, 5.74) is 1.28. The zero-order chi connectivity index (χ0) is 13.1. The zero-order valence-corrected chi connectivity index (χ0v) is 11.2. The maximum absolute atomic E-state index is 5.35. The number of benzene rings is 1. The predicted molar refractivity (Wildman–Crippen MR) is 72.8 cm³/mol. The van der Waals surface area contributed by atoms with E-state index in [-0.39, 0.29) is 5.41 Å². The fourth-order valence-electron chi connectivity index (χ4n) is 2.68. The summed E-state index contributed by atoms with van der Waals surface area (Å²) >= 11 is 0. The van der Waals surface area contributed by atoms with Crippen LogP contribution in [0.4, 0.5) is 0 Å². The van der Waals surface area contributed by atoms with Crippen molar-refractivity contribution in [2.24, 2.45) is 0 Å². The molecule has 0 radical (unpaired) electrons. The van der Waals surface area contributed by atoms with Crippen molar-refractivity contribution in [3.63, 3.8) is 0 Å². The molecule has 0 bridgehead atoms. The molecule has 0 saturated heterocycles. The van der Waals surface area contributed by atoms with Crippen LogP contribution >= 0.6 is 0 Å². The van der Waals surface area contributed by atoms with E-state index in [1.165, 1.54) is 12.0 Å². The summed E-state index contributed by atoms with van der Waals surface area (Å²) in [5, 5.41) is 7.42. The summed E-state index contributed by atoms with van der Waals surface area (Å²) in [6.45, 7) is 3.62. The summed E-state index contributed by atoms with van der Waals surface area (Å²) in [6, 6.07) is 10.5. The Bertz CT molecular complexity index is 531. The number of nitrogens with zero attached hydrogens (tertiary/aromatic N) is 2. The van der Waals surface area contributed by atoms with Gasteiger partial charge in [0.1, 0.15) is 0 Å². The van der Waals surface area contributed by atoms with Crippen molar-refractivity contribution in [2.75, 3.05) is 6.54 Å². The Kier molecular flexibility index (Phi) is 3.34. The molecule has 1 fully saturated rings. The molecule has 1 aliphatic carbocycles. The first-order chi connectivity index (χ1) is 9.35. The maximum Gasteiger partial charge on any atom is 0.240 e. The molecule has 0 amide bonds. The molecule has 1 saturated carbocycles. The van der Waals surface area contributed by atoms with Gasteiger partial charge in [-0.2, -0.15) is 4.98 Å². The summed E-state index contributed by atoms with van der Waals surface area (Å²) < 4.78 is 5.35. The highest BCUT2D eigenvalue weighted by Gasteiger charge is 2.44. The number of nitrogens with one attached hydrogen (secondary N) is 1. The highest BCUT2D eigenvalue weighted by atomic mass is 16.5. The van der Waals surface area contributed by atoms with Crippen molar-refractivity contribution in [1.82, 2.24) is 15.5 Å². The topological polar surface area (TPSA) is 51.0 Å². The standard InChI is InChI=1S/C15H19N3O/c1-2-16-11-13-17-14(18-19-13)15(9-6-10-15)12-7-4-3-5-8-12/h3-5,7-8,16H,2,6,9-11H2,1H3. The summed E-state index contributed by atoms with van der Waals surface area (Å²) in [5.74, 6) is 1.52. The van der Waals surface area contributed by atoms with E-state index in [1.807, 2.05) is 6.07 Å². The van der Waals surface area contributed by atoms with Crippen LogP contribution in [0.3, 0.4) is 0 Å². The molecule has 4 nitrogen and oxygen atoms in total. The lowest BCUT2D eigenvalue weighted by molar-refractivity contribution is 0.270. The zero-order valence-electron chi connectivity index (χ0n) is 11.2. The molecule has 4 heteroatoms. The smallest absolute Gasteiger partial charge is 0.240 e. The van der Waals surface area contributed by atoms with Gasteiger partial charge in [-0.3, -0.25) is 0 Å². The van der Waals surface area contributed by atoms with Gasteiger partial charge in [-0.25, -0.2) is 0 Å². The Morgan fingerprint density at radius 2 is 2.05 bits per heavy atom. The number of aromatic nitrogens is 2. The Morgan fingerprint density at radius 3 is 2.68 bits per heavy atom. The van der Waals surface area contributed by atoms with E-state index in [4.69, 9.17) is 4.52 Å². The first-order valence-corrected chi connectivity index (χ1v) is 6.94. The second kappa shape index (κ2) is 5.13. The minimum absolute atomic E-state index is 0.0186. The Labute approximate surface area is 113 Å². The van der Waals surface area contributed by atoms with Crippen molar-refractivity contribution in [3.8, 4) is 0 Å². The van der Waals surface area contributed by atoms with Gasteiger partial charge < -0.3 is 9.84 Å². The minimum atomic E-state index is -0.0186. The molecule has 0 unspecified atom stereocenters. The van der Waals surface area contributed by atoms with E-state index in [1.54, 1.807) is 0 Å². The van der Waals surface area contributed by atoms with Crippen LogP contribution in [0.1, 0.15) is 43.5 Å². The molecule has 19 heavy (non-hydrogen) atoms. The lowest BCUT2D eigenvalue weighted by atomic mass is 9.64. The molecule has 0 spiro atoms. The molecule has 0 aliphatic heterocycles. The lowest BCUT2D eigenvalue weighted by Gasteiger charge is -2.39. The van der Waals surface area contributed by atoms with Gasteiger partial charge in [-0.1, -0.05) is 48.8 Å². The van der Waals surface area contributed by atoms with Crippen LogP contribution in [0.2, 0.25) is 0 Å². The maximum atomic E-state index is 5.35. The van der Waals surface area contributed by atoms with Gasteiger partial charge >= 0.3 is 0 Å². The quantitative estimate of drug-likeness (QED) is 0.894. The Morgan fingerprint density at radius 1 is 1.26 bits per heavy atom. The van der Waals surface area contributed by atoms with Crippen molar-refractivity contribution >= 4 is 0 Å². The van der Waals surface area contributed by atoms with Crippen LogP contribution in [0.15, 0.2) is 34.9 Å². The fraction of sp³-hybridized carbons (Fsp3) is 0.467. The van der Waals surface area contributed by atoms with E-state index in [0.29, 0.717) is 12.4 Å². The van der Waals surface area contributed by atoms with Gasteiger partial charge in [-0.05, 0) is 24.9 Å². The number of hydrogen-bond donors (Lipinski definition) is 1. The van der Waals surface area contributed by atoms with Crippen LogP contribution in [0.5, 0.6) is 0 Å². The van der Waals surface area contributed by atoms with Gasteiger partial charge in [0.25, 0.3) is 0 Å². The molecule has 1 aromatic carbocycles. The molecule has 2 aromatic rings. The van der Waals surface area contributed by atoms with Gasteiger partial charge in [0.05, 0.1) is 12.0 Å². The predicted octanol–water partition coefficient (Wildman–Crippen LogP) is 2.65. The monoisotopic (exact) mass is 257 g/mol. The normalized spacial score (nSPS) is 17.1. The first-order valence-electron chi connectivity index (χ1n) is 6.94. The highest BCUT2D eigenvalue weighted by molar-refractivity contribution is 5.35. The largest absolute Gasteiger partial charge is 0.338 e. The van der Waals surface area contributed by atoms with Gasteiger partial charge in [0.15, 0.2) is 5.82 Å². The van der Waals surface area contributed by atoms with E-state index in [2.05, 4.69) is 46.6 Å². The van der Waals surface area contributed by atoms with Crippen LogP contribution < -0.4 is 5.32 Å². The lowest BCUT2D eigenvalue weighted by Crippen LogP contribution is -2.36. The minimum Gasteiger partial charge on any atom is -0.338 e. The Balaban J connectivity index is 1.88. The van der Waals surface area contributed by atoms with Crippen molar-refractivity contribution in [1.29, 1.82) is 0 Å². The Hall–Kier alpha value is -1.68. The highest BCUT2D eigenvalue weighted by Crippen LogP contribution is 2.47. The molecular weight excluding hydrogens is 238 g/mol. The fourth-order valence-corrected chi connectivity index (χ4v) is 2.68. The molecule has 1 N–H and O–H groups in total. The molecular formula is C15H19N3O. The van der Waals surface area contributed by atoms with Crippen LogP contribution in [-0.2, 0) is 12.0 Å². The third kappa shape index (κ3) is 2.16. The van der Waals surface area contributed by atoms with E-state index in [0.717, 1.165) is 25.2 Å². The second-order valence-corrected chi connectivity index (χ2v) is 5.09. The average molecular weight is 257 g/mol. The van der Waals surface area contributed by atoms with Crippen LogP contribution in [-0.4, -0.2) is 16.7 Å². The summed E-state index contributed by atoms with van der Waals surface area (Å²) in [6.07, 6.45) is 3.44. The van der Waals surface area contributed by atoms with E-state index >= 15 is 0 Å². The van der Waals surface area contributed by atoms with Crippen molar-refractivity contribution in [3.05, 3.63) is 47.6 Å². The molecule has 1 heterocycles. The number of rotatable bonds is 5. The molecule has 1 aliphatic rings. The van der Waals surface area contributed by atoms with Gasteiger partial charge in [0.2, 0.25) is 5.89 Å². The third-order valence-corrected chi connectivity index (χ3v) is 3.96. The molecule has 1 aromatic heterocycles. The van der Waals surface area contributed by atoms with Gasteiger partial charge in [0, 0.05) is 0 Å². The SMILES string of the molecule is CCNCc1nc(C2(c3ccccc3)CCC2)no1. The van der Waals surface area contributed by atoms with Gasteiger partial charge in [-0.15, -0.1) is 0 Å². The summed E-state index contributed by atoms with van der Waals surface area (Å²) in [4.78, 5) is 4.58. The third-order valence-electron chi connectivity index (χ3n) is 3.96. The van der Waals surface area contributed by atoms with E-state index < -0.39 is 0 Å². The first kappa shape index (κ1) is 12.4.